The lowest BCUT2D eigenvalue weighted by Crippen LogP contribution is -2.03. The largest absolute Gasteiger partial charge is 0.493 e. The number of carbonyl (C=O) groups excluding carboxylic acids is 1. The molecule has 0 aliphatic heterocycles. The van der Waals surface area contributed by atoms with Gasteiger partial charge in [-0.25, -0.2) is 0 Å². The Balaban J connectivity index is 2.07. The molecule has 2 rings (SSSR count). The maximum atomic E-state index is 11.3. The zero-order valence-electron chi connectivity index (χ0n) is 10.9. The van der Waals surface area contributed by atoms with Crippen molar-refractivity contribution < 1.29 is 14.5 Å². The summed E-state index contributed by atoms with van der Waals surface area (Å²) in [5.41, 5.74) is -0.119. The number of rotatable bonds is 6. The molecule has 0 unspecified atom stereocenters. The molecule has 0 saturated heterocycles. The van der Waals surface area contributed by atoms with E-state index in [0.29, 0.717) is 12.4 Å². The average molecular weight is 291 g/mol. The fraction of sp³-hybridized carbons (Fsp3) is 0.214. The predicted octanol–water partition coefficient (Wildman–Crippen LogP) is 3.48. The van der Waals surface area contributed by atoms with E-state index in [2.05, 4.69) is 0 Å². The minimum Gasteiger partial charge on any atom is -0.493 e. The van der Waals surface area contributed by atoms with Gasteiger partial charge in [0.15, 0.2) is 5.78 Å². The standard InChI is InChI=1S/C14H13NO4S/c1-10(16)13-5-4-11(9-14(13)15(17)18)19-7-6-12-3-2-8-20-12/h2-5,8-9H,6-7H2,1H3. The number of hydrogen-bond donors (Lipinski definition) is 0. The minimum atomic E-state index is -0.567. The summed E-state index contributed by atoms with van der Waals surface area (Å²) in [4.78, 5) is 22.9. The summed E-state index contributed by atoms with van der Waals surface area (Å²) in [7, 11) is 0. The van der Waals surface area contributed by atoms with E-state index >= 15 is 0 Å². The van der Waals surface area contributed by atoms with Crippen molar-refractivity contribution in [2.24, 2.45) is 0 Å². The summed E-state index contributed by atoms with van der Waals surface area (Å²) >= 11 is 1.64. The fourth-order valence-corrected chi connectivity index (χ4v) is 2.46. The van der Waals surface area contributed by atoms with Gasteiger partial charge >= 0.3 is 0 Å². The Morgan fingerprint density at radius 3 is 2.80 bits per heavy atom. The molecular weight excluding hydrogens is 278 g/mol. The van der Waals surface area contributed by atoms with E-state index in [-0.39, 0.29) is 17.0 Å². The van der Waals surface area contributed by atoms with Gasteiger partial charge in [0.25, 0.3) is 5.69 Å². The highest BCUT2D eigenvalue weighted by atomic mass is 32.1. The first-order chi connectivity index (χ1) is 9.58. The molecule has 0 atom stereocenters. The molecule has 0 bridgehead atoms. The summed E-state index contributed by atoms with van der Waals surface area (Å²) in [6, 6.07) is 8.28. The summed E-state index contributed by atoms with van der Waals surface area (Å²) in [5, 5.41) is 12.9. The molecule has 0 N–H and O–H groups in total. The number of thiophene rings is 1. The number of ketones is 1. The molecule has 1 heterocycles. The van der Waals surface area contributed by atoms with Crippen molar-refractivity contribution >= 4 is 22.8 Å². The van der Waals surface area contributed by atoms with Crippen molar-refractivity contribution in [3.8, 4) is 5.75 Å². The molecule has 0 fully saturated rings. The van der Waals surface area contributed by atoms with Crippen LogP contribution in [0.2, 0.25) is 0 Å². The summed E-state index contributed by atoms with van der Waals surface area (Å²) in [5.74, 6) is 0.0695. The Morgan fingerprint density at radius 2 is 2.20 bits per heavy atom. The quantitative estimate of drug-likeness (QED) is 0.464. The van der Waals surface area contributed by atoms with E-state index in [0.717, 1.165) is 6.42 Å². The highest BCUT2D eigenvalue weighted by molar-refractivity contribution is 7.09. The number of benzene rings is 1. The molecule has 20 heavy (non-hydrogen) atoms. The van der Waals surface area contributed by atoms with Crippen molar-refractivity contribution in [3.63, 3.8) is 0 Å². The topological polar surface area (TPSA) is 69.4 Å². The van der Waals surface area contributed by atoms with Gasteiger partial charge in [-0.05, 0) is 30.5 Å². The maximum Gasteiger partial charge on any atom is 0.283 e. The number of nitro benzene ring substituents is 1. The van der Waals surface area contributed by atoms with E-state index in [1.54, 1.807) is 17.4 Å². The van der Waals surface area contributed by atoms with E-state index in [4.69, 9.17) is 4.74 Å². The van der Waals surface area contributed by atoms with Crippen LogP contribution in [0.4, 0.5) is 5.69 Å². The second-order valence-corrected chi connectivity index (χ2v) is 5.20. The second kappa shape index (κ2) is 6.29. The number of carbonyl (C=O) groups is 1. The third-order valence-electron chi connectivity index (χ3n) is 2.74. The normalized spacial score (nSPS) is 10.2. The third kappa shape index (κ3) is 3.42. The van der Waals surface area contributed by atoms with Crippen LogP contribution < -0.4 is 4.74 Å². The SMILES string of the molecule is CC(=O)c1ccc(OCCc2cccs2)cc1[N+](=O)[O-]. The number of hydrogen-bond acceptors (Lipinski definition) is 5. The Hall–Kier alpha value is -2.21. The van der Waals surface area contributed by atoms with Gasteiger partial charge in [-0.2, -0.15) is 0 Å². The average Bonchev–Trinajstić information content (AvgIpc) is 2.91. The zero-order valence-corrected chi connectivity index (χ0v) is 11.7. The Kier molecular flexibility index (Phi) is 4.47. The Morgan fingerprint density at radius 1 is 1.40 bits per heavy atom. The molecule has 0 saturated carbocycles. The van der Waals surface area contributed by atoms with Crippen LogP contribution >= 0.6 is 11.3 Å². The van der Waals surface area contributed by atoms with Gasteiger partial charge < -0.3 is 4.74 Å². The Labute approximate surface area is 120 Å². The van der Waals surface area contributed by atoms with Crippen molar-refractivity contribution in [3.05, 3.63) is 56.3 Å². The minimum absolute atomic E-state index is 0.0978. The molecule has 2 aromatic rings. The van der Waals surface area contributed by atoms with E-state index in [9.17, 15) is 14.9 Å². The lowest BCUT2D eigenvalue weighted by Gasteiger charge is -2.06. The van der Waals surface area contributed by atoms with Crippen LogP contribution in [0.3, 0.4) is 0 Å². The van der Waals surface area contributed by atoms with Crippen LogP contribution in [0.5, 0.6) is 5.75 Å². The smallest absolute Gasteiger partial charge is 0.283 e. The Bertz CT molecular complexity index is 622. The molecule has 0 aliphatic carbocycles. The van der Waals surface area contributed by atoms with Crippen LogP contribution in [-0.4, -0.2) is 17.3 Å². The van der Waals surface area contributed by atoms with Crippen molar-refractivity contribution in [2.75, 3.05) is 6.61 Å². The van der Waals surface area contributed by atoms with Gasteiger partial charge in [0.05, 0.1) is 23.2 Å². The number of nitrogens with zero attached hydrogens (tertiary/aromatic N) is 1. The maximum absolute atomic E-state index is 11.3. The number of nitro groups is 1. The summed E-state index contributed by atoms with van der Waals surface area (Å²) < 4.78 is 5.50. The third-order valence-corrected chi connectivity index (χ3v) is 3.68. The fourth-order valence-electron chi connectivity index (χ4n) is 1.77. The van der Waals surface area contributed by atoms with E-state index < -0.39 is 4.92 Å². The first-order valence-corrected chi connectivity index (χ1v) is 6.90. The van der Waals surface area contributed by atoms with Gasteiger partial charge in [0, 0.05) is 11.3 Å². The lowest BCUT2D eigenvalue weighted by atomic mass is 10.1. The van der Waals surface area contributed by atoms with Crippen molar-refractivity contribution in [1.82, 2.24) is 0 Å². The molecule has 5 nitrogen and oxygen atoms in total. The lowest BCUT2D eigenvalue weighted by molar-refractivity contribution is -0.385. The van der Waals surface area contributed by atoms with Crippen LogP contribution in [0.25, 0.3) is 0 Å². The first kappa shape index (κ1) is 14.2. The van der Waals surface area contributed by atoms with Crippen LogP contribution in [0, 0.1) is 10.1 Å². The van der Waals surface area contributed by atoms with Gasteiger partial charge in [0.1, 0.15) is 5.75 Å². The molecule has 0 spiro atoms. The van der Waals surface area contributed by atoms with Crippen LogP contribution in [0.1, 0.15) is 22.2 Å². The molecule has 0 radical (unpaired) electrons. The highest BCUT2D eigenvalue weighted by Gasteiger charge is 2.18. The van der Waals surface area contributed by atoms with Gasteiger partial charge in [-0.3, -0.25) is 14.9 Å². The molecule has 104 valence electrons. The van der Waals surface area contributed by atoms with Crippen LogP contribution in [-0.2, 0) is 6.42 Å². The highest BCUT2D eigenvalue weighted by Crippen LogP contribution is 2.25. The number of Topliss-reactive ketones (excluding diaryl/α,β-unsaturated/α-hetero) is 1. The van der Waals surface area contributed by atoms with Crippen molar-refractivity contribution in [1.29, 1.82) is 0 Å². The van der Waals surface area contributed by atoms with Gasteiger partial charge in [0.2, 0.25) is 0 Å². The van der Waals surface area contributed by atoms with Crippen LogP contribution in [0.15, 0.2) is 35.7 Å². The summed E-state index contributed by atoms with van der Waals surface area (Å²) in [6.45, 7) is 1.75. The molecule has 1 aromatic carbocycles. The summed E-state index contributed by atoms with van der Waals surface area (Å²) in [6.07, 6.45) is 0.750. The monoisotopic (exact) mass is 291 g/mol. The first-order valence-electron chi connectivity index (χ1n) is 6.02. The van der Waals surface area contributed by atoms with Crippen molar-refractivity contribution in [2.45, 2.75) is 13.3 Å². The molecule has 6 heteroatoms. The molecular formula is C14H13NO4S. The number of ether oxygens (including phenoxy) is 1. The molecule has 0 aliphatic rings. The molecule has 0 amide bonds. The molecule has 1 aromatic heterocycles. The van der Waals surface area contributed by atoms with E-state index in [1.165, 1.54) is 23.9 Å². The second-order valence-electron chi connectivity index (χ2n) is 4.17. The zero-order chi connectivity index (χ0) is 14.5. The van der Waals surface area contributed by atoms with Gasteiger partial charge in [-0.1, -0.05) is 6.07 Å². The van der Waals surface area contributed by atoms with E-state index in [1.807, 2.05) is 17.5 Å². The van der Waals surface area contributed by atoms with Gasteiger partial charge in [-0.15, -0.1) is 11.3 Å². The predicted molar refractivity (Wildman–Crippen MR) is 76.6 cm³/mol.